The largest absolute Gasteiger partial charge is 0.496 e. The number of hydrogen-bond donors (Lipinski definition) is 0. The fourth-order valence-electron chi connectivity index (χ4n) is 7.28. The second kappa shape index (κ2) is 13.9. The molecule has 0 radical (unpaired) electrons. The normalized spacial score (nSPS) is 17.3. The Hall–Kier alpha value is -5.17. The summed E-state index contributed by atoms with van der Waals surface area (Å²) in [4.78, 5) is 59.0. The van der Waals surface area contributed by atoms with Crippen LogP contribution in [-0.2, 0) is 9.59 Å². The topological polar surface area (TPSA) is 104 Å². The molecule has 5 heterocycles. The number of benzene rings is 1. The number of halogens is 2. The van der Waals surface area contributed by atoms with Crippen LogP contribution in [0.1, 0.15) is 44.4 Å². The number of rotatable bonds is 9. The average molecular weight is 700 g/mol. The highest BCUT2D eigenvalue weighted by molar-refractivity contribution is 6.12. The van der Waals surface area contributed by atoms with Crippen LogP contribution in [0.3, 0.4) is 0 Å². The van der Waals surface area contributed by atoms with Gasteiger partial charge in [0.2, 0.25) is 5.91 Å². The predicted octanol–water partition coefficient (Wildman–Crippen LogP) is 5.06. The van der Waals surface area contributed by atoms with Gasteiger partial charge in [-0.15, -0.1) is 0 Å². The second-order valence-electron chi connectivity index (χ2n) is 13.7. The lowest BCUT2D eigenvalue weighted by atomic mass is 9.97. The van der Waals surface area contributed by atoms with E-state index in [1.807, 2.05) is 46.7 Å². The number of pyridine rings is 3. The molecular formula is C38H43F2N7O4. The lowest BCUT2D eigenvalue weighted by Crippen LogP contribution is -2.66. The van der Waals surface area contributed by atoms with E-state index in [2.05, 4.69) is 11.6 Å². The standard InChI is InChI=1S/C38H43F2N7O4/c1-9-29(48)45-20-27-37(49)44(17-11-16-43(6)7)35-34(46(27)19-23(45)5)24-18-26(40)32(30-25(39)12-10-13-28(30)51-8)42-36(24)47(38(35)50)33-22(4)14-15-41-31(33)21(2)3/h9-10,12-15,18,21,23,27H,1,11,16-17,19-20H2,2-8H3. The van der Waals surface area contributed by atoms with Crippen LogP contribution in [0, 0.1) is 18.6 Å². The van der Waals surface area contributed by atoms with Crippen molar-refractivity contribution in [2.24, 2.45) is 0 Å². The van der Waals surface area contributed by atoms with Crippen LogP contribution in [0.4, 0.5) is 20.2 Å². The number of piperazine rings is 1. The Balaban J connectivity index is 1.76. The molecule has 268 valence electrons. The van der Waals surface area contributed by atoms with Crippen molar-refractivity contribution in [1.82, 2.24) is 24.3 Å². The molecule has 0 aliphatic carbocycles. The maximum Gasteiger partial charge on any atom is 0.283 e. The Labute approximate surface area is 295 Å². The minimum absolute atomic E-state index is 0.0404. The van der Waals surface area contributed by atoms with Crippen LogP contribution >= 0.6 is 0 Å². The van der Waals surface area contributed by atoms with Gasteiger partial charge in [0, 0.05) is 30.7 Å². The number of nitrogens with zero attached hydrogens (tertiary/aromatic N) is 7. The summed E-state index contributed by atoms with van der Waals surface area (Å²) < 4.78 is 39.0. The number of fused-ring (bicyclic) bond motifs is 5. The molecule has 2 unspecified atom stereocenters. The van der Waals surface area contributed by atoms with Crippen LogP contribution in [0.2, 0.25) is 0 Å². The summed E-state index contributed by atoms with van der Waals surface area (Å²) in [6, 6.07) is 5.95. The van der Waals surface area contributed by atoms with Gasteiger partial charge in [-0.1, -0.05) is 26.5 Å². The number of hydrogen-bond acceptors (Lipinski definition) is 8. The number of anilines is 2. The van der Waals surface area contributed by atoms with Crippen LogP contribution in [0.15, 0.2) is 54.0 Å². The molecule has 1 fully saturated rings. The third-order valence-electron chi connectivity index (χ3n) is 9.70. The lowest BCUT2D eigenvalue weighted by molar-refractivity contribution is -0.130. The van der Waals surface area contributed by atoms with Crippen LogP contribution < -0.4 is 20.1 Å². The number of carbonyl (C=O) groups excluding carboxylic acids is 2. The van der Waals surface area contributed by atoms with Crippen molar-refractivity contribution in [3.63, 3.8) is 0 Å². The third kappa shape index (κ3) is 6.02. The fraction of sp³-hybridized carbons (Fsp3) is 0.395. The summed E-state index contributed by atoms with van der Waals surface area (Å²) in [7, 11) is 5.20. The highest BCUT2D eigenvalue weighted by Crippen LogP contribution is 2.44. The van der Waals surface area contributed by atoms with E-state index in [1.165, 1.54) is 46.9 Å². The van der Waals surface area contributed by atoms with E-state index in [1.54, 1.807) is 22.1 Å². The zero-order valence-corrected chi connectivity index (χ0v) is 30.0. The van der Waals surface area contributed by atoms with Crippen LogP contribution in [0.25, 0.3) is 28.0 Å². The monoisotopic (exact) mass is 699 g/mol. The maximum absolute atomic E-state index is 16.6. The summed E-state index contributed by atoms with van der Waals surface area (Å²) in [5, 5.41) is 0.255. The first-order valence-corrected chi connectivity index (χ1v) is 17.0. The van der Waals surface area contributed by atoms with Gasteiger partial charge in [-0.3, -0.25) is 23.9 Å². The quantitative estimate of drug-likeness (QED) is 0.224. The number of methoxy groups -OCH3 is 1. The minimum atomic E-state index is -0.865. The fourth-order valence-corrected chi connectivity index (χ4v) is 7.28. The molecule has 1 aromatic carbocycles. The highest BCUT2D eigenvalue weighted by Gasteiger charge is 2.47. The molecule has 51 heavy (non-hydrogen) atoms. The molecule has 2 aliphatic heterocycles. The molecule has 0 saturated carbocycles. The van der Waals surface area contributed by atoms with Crippen molar-refractivity contribution < 1.29 is 23.1 Å². The molecular weight excluding hydrogens is 656 g/mol. The highest BCUT2D eigenvalue weighted by atomic mass is 19.1. The summed E-state index contributed by atoms with van der Waals surface area (Å²) in [5.41, 5.74) is 1.18. The first kappa shape index (κ1) is 35.6. The zero-order valence-electron chi connectivity index (χ0n) is 30.0. The molecule has 11 nitrogen and oxygen atoms in total. The summed E-state index contributed by atoms with van der Waals surface area (Å²) in [6.45, 7) is 12.3. The Morgan fingerprint density at radius 1 is 1.12 bits per heavy atom. The van der Waals surface area contributed by atoms with Crippen LogP contribution in [-0.4, -0.2) is 95.6 Å². The smallest absolute Gasteiger partial charge is 0.283 e. The van der Waals surface area contributed by atoms with Crippen molar-refractivity contribution in [3.05, 3.63) is 82.4 Å². The number of carbonyl (C=O) groups is 2. The number of aryl methyl sites for hydroxylation is 1. The van der Waals surface area contributed by atoms with Gasteiger partial charge in [-0.05, 0) is 82.7 Å². The summed E-state index contributed by atoms with van der Waals surface area (Å²) >= 11 is 0. The van der Waals surface area contributed by atoms with Gasteiger partial charge in [0.15, 0.2) is 11.5 Å². The van der Waals surface area contributed by atoms with Gasteiger partial charge >= 0.3 is 0 Å². The molecule has 0 N–H and O–H groups in total. The maximum atomic E-state index is 16.6. The average Bonchev–Trinajstić information content (AvgIpc) is 3.09. The van der Waals surface area contributed by atoms with Gasteiger partial charge in [-0.2, -0.15) is 0 Å². The summed E-state index contributed by atoms with van der Waals surface area (Å²) in [5.74, 6) is -2.31. The number of ether oxygens (including phenoxy) is 1. The van der Waals surface area contributed by atoms with E-state index >= 15 is 13.6 Å². The number of amides is 2. The molecule has 6 rings (SSSR count). The first-order chi connectivity index (χ1) is 24.3. The van der Waals surface area contributed by atoms with E-state index in [9.17, 15) is 9.59 Å². The van der Waals surface area contributed by atoms with E-state index in [4.69, 9.17) is 9.72 Å². The van der Waals surface area contributed by atoms with Crippen molar-refractivity contribution >= 4 is 34.2 Å². The molecule has 2 aliphatic rings. The third-order valence-corrected chi connectivity index (χ3v) is 9.70. The Bertz CT molecular complexity index is 2110. The molecule has 3 aromatic heterocycles. The van der Waals surface area contributed by atoms with E-state index in [0.29, 0.717) is 35.6 Å². The zero-order chi connectivity index (χ0) is 36.9. The summed E-state index contributed by atoms with van der Waals surface area (Å²) in [6.07, 6.45) is 3.42. The minimum Gasteiger partial charge on any atom is -0.496 e. The molecule has 0 bridgehead atoms. The predicted molar refractivity (Wildman–Crippen MR) is 194 cm³/mol. The molecule has 2 amide bonds. The molecule has 0 spiro atoms. The van der Waals surface area contributed by atoms with E-state index in [0.717, 1.165) is 0 Å². The van der Waals surface area contributed by atoms with Crippen molar-refractivity contribution in [1.29, 1.82) is 0 Å². The van der Waals surface area contributed by atoms with Crippen molar-refractivity contribution in [3.8, 4) is 22.7 Å². The van der Waals surface area contributed by atoms with Gasteiger partial charge in [-0.25, -0.2) is 13.8 Å². The first-order valence-electron chi connectivity index (χ1n) is 17.0. The Morgan fingerprint density at radius 2 is 1.86 bits per heavy atom. The van der Waals surface area contributed by atoms with Gasteiger partial charge in [0.05, 0.1) is 36.3 Å². The van der Waals surface area contributed by atoms with E-state index < -0.39 is 23.2 Å². The molecule has 13 heteroatoms. The SMILES string of the molecule is C=CC(=O)N1CC2C(=O)N(CCCN(C)C)c3c(c4cc(F)c(-c5c(F)cccc5OC)nc4n(-c4c(C)ccnc4C(C)C)c3=O)N2CC1C. The van der Waals surface area contributed by atoms with Gasteiger partial charge in [0.25, 0.3) is 11.5 Å². The molecule has 1 saturated heterocycles. The van der Waals surface area contributed by atoms with Gasteiger partial charge < -0.3 is 24.3 Å². The van der Waals surface area contributed by atoms with Crippen molar-refractivity contribution in [2.75, 3.05) is 57.2 Å². The van der Waals surface area contributed by atoms with Gasteiger partial charge in [0.1, 0.15) is 29.0 Å². The number of aromatic nitrogens is 3. The second-order valence-corrected chi connectivity index (χ2v) is 13.7. The van der Waals surface area contributed by atoms with Crippen LogP contribution in [0.5, 0.6) is 5.75 Å². The Morgan fingerprint density at radius 3 is 2.53 bits per heavy atom. The molecule has 4 aromatic rings. The van der Waals surface area contributed by atoms with Crippen molar-refractivity contribution in [2.45, 2.75) is 52.1 Å². The van der Waals surface area contributed by atoms with E-state index in [-0.39, 0.29) is 77.1 Å². The lowest BCUT2D eigenvalue weighted by Gasteiger charge is -2.50. The molecule has 2 atom stereocenters. The Kier molecular flexibility index (Phi) is 9.69.